The average Bonchev–Trinajstić information content (AvgIpc) is 2.75. The molecule has 0 heterocycles. The highest BCUT2D eigenvalue weighted by Crippen LogP contribution is 2.47. The summed E-state index contributed by atoms with van der Waals surface area (Å²) in [6.07, 6.45) is 5.84. The molecule has 2 aromatic carbocycles. The van der Waals surface area contributed by atoms with E-state index < -0.39 is 12.1 Å². The van der Waals surface area contributed by atoms with E-state index in [-0.39, 0.29) is 0 Å². The molecule has 0 N–H and O–H groups in total. The van der Waals surface area contributed by atoms with Crippen LogP contribution >= 0.6 is 11.6 Å². The minimum atomic E-state index is -0.800. The Morgan fingerprint density at radius 3 is 2.50 bits per heavy atom. The number of methoxy groups -OCH3 is 1. The molecular weight excluding hydrogens is 428 g/mol. The molecule has 0 amide bonds. The third-order valence-electron chi connectivity index (χ3n) is 5.70. The molecule has 1 aliphatic carbocycles. The van der Waals surface area contributed by atoms with Crippen molar-refractivity contribution in [3.8, 4) is 11.5 Å². The molecule has 0 spiro atoms. The molecule has 1 aliphatic rings. The van der Waals surface area contributed by atoms with E-state index in [0.29, 0.717) is 45.2 Å². The smallest absolute Gasteiger partial charge is 0.437 e. The van der Waals surface area contributed by atoms with Crippen molar-refractivity contribution >= 4 is 34.5 Å². The topological polar surface area (TPSA) is 61.8 Å². The zero-order valence-electron chi connectivity index (χ0n) is 19.0. The van der Waals surface area contributed by atoms with Crippen LogP contribution in [0.2, 0.25) is 5.02 Å². The van der Waals surface area contributed by atoms with Crippen LogP contribution in [0.25, 0.3) is 10.8 Å². The Morgan fingerprint density at radius 1 is 1.12 bits per heavy atom. The van der Waals surface area contributed by atoms with Crippen LogP contribution in [0.3, 0.4) is 0 Å². The molecular formula is C26H29ClO5. The summed E-state index contributed by atoms with van der Waals surface area (Å²) in [5, 5.41) is 1.75. The molecule has 5 nitrogen and oxygen atoms in total. The average molecular weight is 457 g/mol. The first-order valence-electron chi connectivity index (χ1n) is 10.7. The van der Waals surface area contributed by atoms with Gasteiger partial charge in [-0.25, -0.2) is 9.59 Å². The molecule has 0 fully saturated rings. The number of carbonyl (C=O) groups is 2. The Labute approximate surface area is 194 Å². The van der Waals surface area contributed by atoms with Crippen LogP contribution in [0.4, 0.5) is 4.79 Å². The van der Waals surface area contributed by atoms with E-state index in [4.69, 9.17) is 25.8 Å². The fourth-order valence-electron chi connectivity index (χ4n) is 4.11. The number of halogens is 1. The van der Waals surface area contributed by atoms with Crippen LogP contribution in [0.15, 0.2) is 42.0 Å². The van der Waals surface area contributed by atoms with Gasteiger partial charge in [-0.3, -0.25) is 0 Å². The highest BCUT2D eigenvalue weighted by atomic mass is 35.5. The van der Waals surface area contributed by atoms with Gasteiger partial charge in [0.05, 0.1) is 7.11 Å². The summed E-state index contributed by atoms with van der Waals surface area (Å²) < 4.78 is 16.2. The first kappa shape index (κ1) is 23.9. The number of benzene rings is 2. The zero-order chi connectivity index (χ0) is 23.4. The second-order valence-electron chi connectivity index (χ2n) is 8.50. The van der Waals surface area contributed by atoms with Crippen LogP contribution in [-0.4, -0.2) is 19.2 Å². The normalized spacial score (nSPS) is 15.0. The molecule has 6 heteroatoms. The third kappa shape index (κ3) is 5.33. The van der Waals surface area contributed by atoms with Crippen molar-refractivity contribution in [1.29, 1.82) is 0 Å². The van der Waals surface area contributed by atoms with E-state index in [0.717, 1.165) is 36.8 Å². The van der Waals surface area contributed by atoms with E-state index in [2.05, 4.69) is 26.5 Å². The maximum Gasteiger partial charge on any atom is 0.513 e. The largest absolute Gasteiger partial charge is 0.513 e. The lowest BCUT2D eigenvalue weighted by Gasteiger charge is -2.29. The zero-order valence-corrected chi connectivity index (χ0v) is 19.8. The Hall–Kier alpha value is -2.79. The van der Waals surface area contributed by atoms with Crippen molar-refractivity contribution in [1.82, 2.24) is 0 Å². The molecule has 0 aromatic heterocycles. The van der Waals surface area contributed by atoms with Crippen molar-refractivity contribution in [2.75, 3.05) is 7.11 Å². The molecule has 0 aliphatic heterocycles. The lowest BCUT2D eigenvalue weighted by Crippen LogP contribution is -2.20. The summed E-state index contributed by atoms with van der Waals surface area (Å²) in [5.41, 5.74) is 3.36. The molecule has 0 radical (unpaired) electrons. The highest BCUT2D eigenvalue weighted by Gasteiger charge is 2.30. The van der Waals surface area contributed by atoms with Crippen molar-refractivity contribution in [3.63, 3.8) is 0 Å². The summed E-state index contributed by atoms with van der Waals surface area (Å²) in [5.74, 6) is 0.846. The summed E-state index contributed by atoms with van der Waals surface area (Å²) in [7, 11) is 1.27. The second kappa shape index (κ2) is 10.2. The molecule has 32 heavy (non-hydrogen) atoms. The van der Waals surface area contributed by atoms with Crippen LogP contribution in [0, 0.1) is 5.92 Å². The first-order valence-corrected chi connectivity index (χ1v) is 11.1. The van der Waals surface area contributed by atoms with Crippen LogP contribution < -0.4 is 9.47 Å². The van der Waals surface area contributed by atoms with Crippen LogP contribution in [0.1, 0.15) is 51.2 Å². The van der Waals surface area contributed by atoms with E-state index in [1.165, 1.54) is 12.7 Å². The van der Waals surface area contributed by atoms with E-state index in [9.17, 15) is 9.59 Å². The Balaban J connectivity index is 2.17. The molecule has 0 saturated carbocycles. The quantitative estimate of drug-likeness (QED) is 0.154. The Morgan fingerprint density at radius 2 is 1.84 bits per heavy atom. The van der Waals surface area contributed by atoms with E-state index in [1.807, 2.05) is 0 Å². The third-order valence-corrected chi connectivity index (χ3v) is 5.94. The van der Waals surface area contributed by atoms with Crippen molar-refractivity contribution in [3.05, 3.63) is 58.1 Å². The predicted octanol–water partition coefficient (Wildman–Crippen LogP) is 6.97. The standard InChI is InChI=1S/C26H29ClO5/c1-15(2)7-6-8-17-9-11-19-21(13-17)23(31-25(28)16(3)4)20-12-10-18(27)14-22(20)24(19)32-26(29)30-5/h7,10,12,14,17H,3,6,8-9,11,13H2,1-2,4-5H3. The number of carbonyl (C=O) groups excluding carboxylic acids is 2. The van der Waals surface area contributed by atoms with Gasteiger partial charge in [0.25, 0.3) is 0 Å². The molecule has 0 bridgehead atoms. The summed E-state index contributed by atoms with van der Waals surface area (Å²) in [4.78, 5) is 24.5. The first-order chi connectivity index (χ1) is 15.2. The fraction of sp³-hybridized carbons (Fsp3) is 0.385. The molecule has 3 rings (SSSR count). The van der Waals surface area contributed by atoms with Gasteiger partial charge in [-0.15, -0.1) is 0 Å². The van der Waals surface area contributed by atoms with Crippen molar-refractivity contribution in [2.24, 2.45) is 5.92 Å². The number of rotatable bonds is 6. The lowest BCUT2D eigenvalue weighted by atomic mass is 9.79. The number of hydrogen-bond acceptors (Lipinski definition) is 5. The highest BCUT2D eigenvalue weighted by molar-refractivity contribution is 6.31. The molecule has 170 valence electrons. The van der Waals surface area contributed by atoms with Gasteiger partial charge in [-0.05, 0) is 77.0 Å². The number of hydrogen-bond donors (Lipinski definition) is 0. The Kier molecular flexibility index (Phi) is 7.62. The van der Waals surface area contributed by atoms with Gasteiger partial charge in [-0.2, -0.15) is 0 Å². The SMILES string of the molecule is C=C(C)C(=O)Oc1c2c(c(OC(=O)OC)c3cc(Cl)ccc13)CCC(CCC=C(C)C)C2. The van der Waals surface area contributed by atoms with Gasteiger partial charge in [-0.1, -0.05) is 29.8 Å². The molecule has 1 atom stereocenters. The van der Waals surface area contributed by atoms with Gasteiger partial charge in [0.2, 0.25) is 0 Å². The molecule has 1 unspecified atom stereocenters. The van der Waals surface area contributed by atoms with Gasteiger partial charge < -0.3 is 14.2 Å². The van der Waals surface area contributed by atoms with Gasteiger partial charge in [0, 0.05) is 32.5 Å². The fourth-order valence-corrected chi connectivity index (χ4v) is 4.29. The van der Waals surface area contributed by atoms with Gasteiger partial charge in [0.1, 0.15) is 11.5 Å². The maximum atomic E-state index is 12.5. The van der Waals surface area contributed by atoms with Crippen molar-refractivity contribution in [2.45, 2.75) is 52.9 Å². The van der Waals surface area contributed by atoms with Crippen LogP contribution in [-0.2, 0) is 22.4 Å². The van der Waals surface area contributed by atoms with E-state index in [1.54, 1.807) is 25.1 Å². The molecule has 2 aromatic rings. The monoisotopic (exact) mass is 456 g/mol. The summed E-state index contributed by atoms with van der Waals surface area (Å²) in [6.45, 7) is 9.52. The maximum absolute atomic E-state index is 12.5. The number of ether oxygens (including phenoxy) is 3. The minimum absolute atomic E-state index is 0.312. The minimum Gasteiger partial charge on any atom is -0.437 e. The predicted molar refractivity (Wildman–Crippen MR) is 127 cm³/mol. The summed E-state index contributed by atoms with van der Waals surface area (Å²) in [6, 6.07) is 5.23. The number of allylic oxidation sites excluding steroid dienone is 2. The Bertz CT molecular complexity index is 1100. The van der Waals surface area contributed by atoms with Crippen molar-refractivity contribution < 1.29 is 23.8 Å². The van der Waals surface area contributed by atoms with Gasteiger partial charge in [0.15, 0.2) is 0 Å². The van der Waals surface area contributed by atoms with Crippen LogP contribution in [0.5, 0.6) is 11.5 Å². The van der Waals surface area contributed by atoms with E-state index >= 15 is 0 Å². The summed E-state index contributed by atoms with van der Waals surface area (Å²) >= 11 is 6.26. The number of fused-ring (bicyclic) bond motifs is 2. The lowest BCUT2D eigenvalue weighted by molar-refractivity contribution is -0.130. The number of esters is 1. The van der Waals surface area contributed by atoms with Gasteiger partial charge >= 0.3 is 12.1 Å². The second-order valence-corrected chi connectivity index (χ2v) is 8.94. The molecule has 0 saturated heterocycles.